The largest absolute Gasteiger partial charge is 0.355 e. The van der Waals surface area contributed by atoms with E-state index in [0.717, 1.165) is 10.6 Å². The lowest BCUT2D eigenvalue weighted by molar-refractivity contribution is -0.141. The number of benzene rings is 2. The number of hydrogen-bond acceptors (Lipinski definition) is 4. The van der Waals surface area contributed by atoms with Gasteiger partial charge in [-0.25, -0.2) is 12.8 Å². The molecular weight excluding hydrogens is 516 g/mol. The molecule has 0 saturated heterocycles. The van der Waals surface area contributed by atoms with Crippen molar-refractivity contribution in [3.8, 4) is 0 Å². The maximum Gasteiger partial charge on any atom is 0.242 e. The third-order valence-corrected chi connectivity index (χ3v) is 7.30. The van der Waals surface area contributed by atoms with Gasteiger partial charge in [-0.3, -0.25) is 13.9 Å². The Morgan fingerprint density at radius 2 is 1.66 bits per heavy atom. The highest BCUT2D eigenvalue weighted by molar-refractivity contribution is 7.92. The van der Waals surface area contributed by atoms with Gasteiger partial charge in [-0.15, -0.1) is 0 Å². The van der Waals surface area contributed by atoms with Gasteiger partial charge in [0.1, 0.15) is 11.9 Å². The molecule has 1 atom stereocenters. The number of halogens is 3. The van der Waals surface area contributed by atoms with E-state index in [0.29, 0.717) is 34.3 Å². The first-order valence-electron chi connectivity index (χ1n) is 11.2. The zero-order chi connectivity index (χ0) is 26.2. The third kappa shape index (κ3) is 8.08. The van der Waals surface area contributed by atoms with Gasteiger partial charge in [0.05, 0.1) is 11.9 Å². The Labute approximate surface area is 216 Å². The van der Waals surface area contributed by atoms with E-state index in [2.05, 4.69) is 5.32 Å². The number of anilines is 1. The monoisotopic (exact) mass is 545 g/mol. The van der Waals surface area contributed by atoms with Gasteiger partial charge in [0.2, 0.25) is 21.8 Å². The molecule has 0 aliphatic carbocycles. The predicted molar refractivity (Wildman–Crippen MR) is 138 cm³/mol. The van der Waals surface area contributed by atoms with Gasteiger partial charge in [0, 0.05) is 41.7 Å². The van der Waals surface area contributed by atoms with Gasteiger partial charge in [-0.05, 0) is 56.2 Å². The molecule has 11 heteroatoms. The van der Waals surface area contributed by atoms with Crippen LogP contribution in [0.5, 0.6) is 0 Å². The topological polar surface area (TPSA) is 86.8 Å². The number of amides is 2. The molecule has 0 aromatic heterocycles. The van der Waals surface area contributed by atoms with Crippen molar-refractivity contribution in [3.05, 3.63) is 63.9 Å². The van der Waals surface area contributed by atoms with Gasteiger partial charge in [-0.1, -0.05) is 36.2 Å². The Kier molecular flexibility index (Phi) is 10.8. The Morgan fingerprint density at radius 3 is 2.17 bits per heavy atom. The summed E-state index contributed by atoms with van der Waals surface area (Å²) in [5, 5.41) is 3.50. The predicted octanol–water partition coefficient (Wildman–Crippen LogP) is 4.62. The smallest absolute Gasteiger partial charge is 0.242 e. The standard InChI is InChI=1S/C24H30Cl2FN3O4S/c1-4-22(24(32)28-5-2)29(16-19-20(25)8-6-9-21(19)26)23(31)10-7-15-30(35(3,33)34)18-13-11-17(27)12-14-18/h6,8-9,11-14,22H,4-5,7,10,15-16H2,1-3H3,(H,28,32)/t22-/m1/s1. The fourth-order valence-corrected chi connectivity index (χ4v) is 5.16. The molecule has 2 rings (SSSR count). The molecule has 0 saturated carbocycles. The van der Waals surface area contributed by atoms with Crippen LogP contribution in [0.3, 0.4) is 0 Å². The molecule has 1 N–H and O–H groups in total. The average Bonchev–Trinajstić information content (AvgIpc) is 2.78. The molecule has 0 spiro atoms. The van der Waals surface area contributed by atoms with Gasteiger partial charge >= 0.3 is 0 Å². The van der Waals surface area contributed by atoms with Gasteiger partial charge in [0.25, 0.3) is 0 Å². The Hall–Kier alpha value is -2.36. The van der Waals surface area contributed by atoms with Crippen molar-refractivity contribution in [2.75, 3.05) is 23.7 Å². The summed E-state index contributed by atoms with van der Waals surface area (Å²) < 4.78 is 39.0. The van der Waals surface area contributed by atoms with E-state index in [-0.39, 0.29) is 37.7 Å². The fraction of sp³-hybridized carbons (Fsp3) is 0.417. The van der Waals surface area contributed by atoms with E-state index in [4.69, 9.17) is 23.2 Å². The summed E-state index contributed by atoms with van der Waals surface area (Å²) in [5.74, 6) is -1.12. The van der Waals surface area contributed by atoms with Crippen molar-refractivity contribution < 1.29 is 22.4 Å². The summed E-state index contributed by atoms with van der Waals surface area (Å²) in [4.78, 5) is 27.5. The van der Waals surface area contributed by atoms with E-state index in [1.165, 1.54) is 29.2 Å². The second-order valence-corrected chi connectivity index (χ2v) is 10.7. The molecule has 0 aliphatic rings. The van der Waals surface area contributed by atoms with Gasteiger partial charge < -0.3 is 10.2 Å². The minimum Gasteiger partial charge on any atom is -0.355 e. The van der Waals surface area contributed by atoms with Crippen LogP contribution in [0.15, 0.2) is 42.5 Å². The lowest BCUT2D eigenvalue weighted by atomic mass is 10.1. The van der Waals surface area contributed by atoms with Crippen LogP contribution in [0.1, 0.15) is 38.7 Å². The number of rotatable bonds is 12. The summed E-state index contributed by atoms with van der Waals surface area (Å²) in [5.41, 5.74) is 0.825. The number of nitrogens with zero attached hydrogens (tertiary/aromatic N) is 2. The number of carbonyl (C=O) groups is 2. The molecule has 0 fully saturated rings. The first-order chi connectivity index (χ1) is 16.5. The second-order valence-electron chi connectivity index (χ2n) is 7.96. The zero-order valence-electron chi connectivity index (χ0n) is 19.9. The molecule has 192 valence electrons. The van der Waals surface area contributed by atoms with Crippen LogP contribution >= 0.6 is 23.2 Å². The van der Waals surface area contributed by atoms with E-state index in [1.54, 1.807) is 32.0 Å². The van der Waals surface area contributed by atoms with Gasteiger partial charge in [-0.2, -0.15) is 0 Å². The van der Waals surface area contributed by atoms with Crippen molar-refractivity contribution >= 4 is 50.7 Å². The van der Waals surface area contributed by atoms with E-state index < -0.39 is 21.9 Å². The molecule has 7 nitrogen and oxygen atoms in total. The van der Waals surface area contributed by atoms with Gasteiger partial charge in [0.15, 0.2) is 0 Å². The van der Waals surface area contributed by atoms with Crippen LogP contribution in [0.2, 0.25) is 10.0 Å². The lowest BCUT2D eigenvalue weighted by Gasteiger charge is -2.31. The molecule has 0 unspecified atom stereocenters. The minimum atomic E-state index is -3.66. The van der Waals surface area contributed by atoms with Crippen LogP contribution in [0, 0.1) is 5.82 Å². The number of likely N-dealkylation sites (N-methyl/N-ethyl adjacent to an activating group) is 1. The van der Waals surface area contributed by atoms with E-state index in [9.17, 15) is 22.4 Å². The SMILES string of the molecule is CCNC(=O)[C@@H](CC)N(Cc1c(Cl)cccc1Cl)C(=O)CCCN(c1ccc(F)cc1)S(C)(=O)=O. The molecule has 0 radical (unpaired) electrons. The highest BCUT2D eigenvalue weighted by atomic mass is 35.5. The number of sulfonamides is 1. The maximum atomic E-state index is 13.3. The van der Waals surface area contributed by atoms with Crippen LogP contribution in [-0.2, 0) is 26.2 Å². The average molecular weight is 546 g/mol. The first-order valence-corrected chi connectivity index (χ1v) is 13.8. The Morgan fingerprint density at radius 1 is 1.06 bits per heavy atom. The molecule has 0 aliphatic heterocycles. The van der Waals surface area contributed by atoms with Crippen LogP contribution in [-0.4, -0.2) is 50.5 Å². The van der Waals surface area contributed by atoms with Crippen LogP contribution < -0.4 is 9.62 Å². The fourth-order valence-electron chi connectivity index (χ4n) is 3.68. The highest BCUT2D eigenvalue weighted by Crippen LogP contribution is 2.27. The summed E-state index contributed by atoms with van der Waals surface area (Å²) in [7, 11) is -3.66. The van der Waals surface area contributed by atoms with E-state index >= 15 is 0 Å². The lowest BCUT2D eigenvalue weighted by Crippen LogP contribution is -2.49. The molecule has 2 amide bonds. The summed E-state index contributed by atoms with van der Waals surface area (Å²) in [6, 6.07) is 9.33. The number of carbonyl (C=O) groups excluding carboxylic acids is 2. The summed E-state index contributed by atoms with van der Waals surface area (Å²) in [6.07, 6.45) is 1.57. The van der Waals surface area contributed by atoms with Crippen molar-refractivity contribution in [2.24, 2.45) is 0 Å². The third-order valence-electron chi connectivity index (χ3n) is 5.39. The normalized spacial score (nSPS) is 12.2. The molecular formula is C24H30Cl2FN3O4S. The molecule has 0 bridgehead atoms. The Bertz CT molecular complexity index is 1110. The number of hydrogen-bond donors (Lipinski definition) is 1. The zero-order valence-corrected chi connectivity index (χ0v) is 22.3. The Balaban J connectivity index is 2.25. The molecule has 2 aromatic rings. The van der Waals surface area contributed by atoms with Crippen molar-refractivity contribution in [1.82, 2.24) is 10.2 Å². The van der Waals surface area contributed by atoms with Crippen molar-refractivity contribution in [2.45, 2.75) is 45.7 Å². The molecule has 35 heavy (non-hydrogen) atoms. The van der Waals surface area contributed by atoms with E-state index in [1.807, 2.05) is 0 Å². The molecule has 0 heterocycles. The van der Waals surface area contributed by atoms with Crippen molar-refractivity contribution in [1.29, 1.82) is 0 Å². The summed E-state index contributed by atoms with van der Waals surface area (Å²) in [6.45, 7) is 4.03. The van der Waals surface area contributed by atoms with Crippen LogP contribution in [0.25, 0.3) is 0 Å². The number of nitrogens with one attached hydrogen (secondary N) is 1. The second kappa shape index (κ2) is 13.1. The molecule has 2 aromatic carbocycles. The summed E-state index contributed by atoms with van der Waals surface area (Å²) >= 11 is 12.6. The first kappa shape index (κ1) is 28.9. The minimum absolute atomic E-state index is 0.00877. The maximum absolute atomic E-state index is 13.3. The van der Waals surface area contributed by atoms with Crippen LogP contribution in [0.4, 0.5) is 10.1 Å². The highest BCUT2D eigenvalue weighted by Gasteiger charge is 2.29. The quantitative estimate of drug-likeness (QED) is 0.421. The van der Waals surface area contributed by atoms with Crippen molar-refractivity contribution in [3.63, 3.8) is 0 Å².